The van der Waals surface area contributed by atoms with Crippen molar-refractivity contribution < 1.29 is 5.11 Å². The molecule has 0 bridgehead atoms. The standard InChI is InChI=1S/C14H21BrN2O/c1-17(13-4-2-3-10(13)8-16)9-11-7-12(15)5-6-14(11)18/h5-7,10,13,18H,2-4,8-9,16H2,1H3. The van der Waals surface area contributed by atoms with E-state index in [9.17, 15) is 5.11 Å². The molecule has 0 radical (unpaired) electrons. The number of rotatable bonds is 4. The second kappa shape index (κ2) is 6.04. The van der Waals surface area contributed by atoms with Gasteiger partial charge >= 0.3 is 0 Å². The van der Waals surface area contributed by atoms with Crippen molar-refractivity contribution in [2.45, 2.75) is 31.8 Å². The Morgan fingerprint density at radius 2 is 2.22 bits per heavy atom. The molecule has 1 fully saturated rings. The van der Waals surface area contributed by atoms with Crippen LogP contribution >= 0.6 is 15.9 Å². The van der Waals surface area contributed by atoms with Crippen LogP contribution in [0, 0.1) is 5.92 Å². The monoisotopic (exact) mass is 312 g/mol. The molecule has 18 heavy (non-hydrogen) atoms. The van der Waals surface area contributed by atoms with Crippen molar-refractivity contribution in [3.63, 3.8) is 0 Å². The predicted octanol–water partition coefficient (Wildman–Crippen LogP) is 2.71. The Morgan fingerprint density at radius 1 is 1.44 bits per heavy atom. The van der Waals surface area contributed by atoms with Gasteiger partial charge in [0.1, 0.15) is 5.75 Å². The fourth-order valence-electron chi connectivity index (χ4n) is 2.94. The van der Waals surface area contributed by atoms with Gasteiger partial charge in [-0.2, -0.15) is 0 Å². The third kappa shape index (κ3) is 3.05. The van der Waals surface area contributed by atoms with Gasteiger partial charge in [0, 0.05) is 22.6 Å². The molecule has 2 rings (SSSR count). The molecule has 0 saturated heterocycles. The maximum atomic E-state index is 9.88. The van der Waals surface area contributed by atoms with Crippen LogP contribution in [0.5, 0.6) is 5.75 Å². The van der Waals surface area contributed by atoms with Gasteiger partial charge in [0.05, 0.1) is 0 Å². The SMILES string of the molecule is CN(Cc1cc(Br)ccc1O)C1CCCC1CN. The summed E-state index contributed by atoms with van der Waals surface area (Å²) in [6.07, 6.45) is 3.71. The molecular weight excluding hydrogens is 292 g/mol. The van der Waals surface area contributed by atoms with E-state index in [2.05, 4.69) is 27.9 Å². The molecule has 0 aromatic heterocycles. The second-order valence-electron chi connectivity index (χ2n) is 5.18. The average molecular weight is 313 g/mol. The van der Waals surface area contributed by atoms with Crippen molar-refractivity contribution in [1.82, 2.24) is 4.90 Å². The summed E-state index contributed by atoms with van der Waals surface area (Å²) in [6.45, 7) is 1.53. The lowest BCUT2D eigenvalue weighted by Crippen LogP contribution is -2.37. The summed E-state index contributed by atoms with van der Waals surface area (Å²) >= 11 is 3.45. The van der Waals surface area contributed by atoms with Crippen molar-refractivity contribution in [1.29, 1.82) is 0 Å². The average Bonchev–Trinajstić information content (AvgIpc) is 2.82. The van der Waals surface area contributed by atoms with E-state index in [1.165, 1.54) is 19.3 Å². The lowest BCUT2D eigenvalue weighted by molar-refractivity contribution is 0.191. The van der Waals surface area contributed by atoms with E-state index in [0.717, 1.165) is 23.1 Å². The molecule has 0 heterocycles. The van der Waals surface area contributed by atoms with Crippen LogP contribution in [-0.4, -0.2) is 29.6 Å². The van der Waals surface area contributed by atoms with Gasteiger partial charge in [-0.1, -0.05) is 22.4 Å². The first-order valence-electron chi connectivity index (χ1n) is 6.49. The van der Waals surface area contributed by atoms with Gasteiger partial charge in [-0.15, -0.1) is 0 Å². The molecule has 1 saturated carbocycles. The Bertz CT molecular complexity index is 411. The molecule has 1 aliphatic rings. The van der Waals surface area contributed by atoms with Gasteiger partial charge in [-0.05, 0) is 50.6 Å². The summed E-state index contributed by atoms with van der Waals surface area (Å²) in [7, 11) is 2.12. The molecule has 3 nitrogen and oxygen atoms in total. The summed E-state index contributed by atoms with van der Waals surface area (Å²) in [4.78, 5) is 2.33. The zero-order valence-electron chi connectivity index (χ0n) is 10.8. The van der Waals surface area contributed by atoms with E-state index in [0.29, 0.717) is 17.7 Å². The minimum atomic E-state index is 0.368. The molecule has 100 valence electrons. The Kier molecular flexibility index (Phi) is 4.65. The number of nitrogens with two attached hydrogens (primary N) is 1. The third-order valence-electron chi connectivity index (χ3n) is 3.95. The summed E-state index contributed by atoms with van der Waals surface area (Å²) in [5, 5.41) is 9.88. The predicted molar refractivity (Wildman–Crippen MR) is 77.5 cm³/mol. The highest BCUT2D eigenvalue weighted by atomic mass is 79.9. The van der Waals surface area contributed by atoms with Crippen LogP contribution in [0.15, 0.2) is 22.7 Å². The Balaban J connectivity index is 2.06. The van der Waals surface area contributed by atoms with E-state index in [1.807, 2.05) is 12.1 Å². The Morgan fingerprint density at radius 3 is 2.94 bits per heavy atom. The summed E-state index contributed by atoms with van der Waals surface area (Å²) < 4.78 is 1.01. The number of benzene rings is 1. The second-order valence-corrected chi connectivity index (χ2v) is 6.10. The van der Waals surface area contributed by atoms with Crippen LogP contribution in [0.25, 0.3) is 0 Å². The number of phenolic OH excluding ortho intramolecular Hbond substituents is 1. The molecular formula is C14H21BrN2O. The molecule has 2 unspecified atom stereocenters. The molecule has 0 amide bonds. The van der Waals surface area contributed by atoms with Crippen molar-refractivity contribution in [2.75, 3.05) is 13.6 Å². The molecule has 0 spiro atoms. The number of nitrogens with zero attached hydrogens (tertiary/aromatic N) is 1. The van der Waals surface area contributed by atoms with Gasteiger partial charge < -0.3 is 10.8 Å². The quantitative estimate of drug-likeness (QED) is 0.898. The van der Waals surface area contributed by atoms with E-state index >= 15 is 0 Å². The first-order chi connectivity index (χ1) is 8.61. The smallest absolute Gasteiger partial charge is 0.120 e. The van der Waals surface area contributed by atoms with Crippen LogP contribution in [0.1, 0.15) is 24.8 Å². The fourth-order valence-corrected chi connectivity index (χ4v) is 3.35. The van der Waals surface area contributed by atoms with Crippen LogP contribution in [0.2, 0.25) is 0 Å². The number of phenols is 1. The maximum absolute atomic E-state index is 9.88. The van der Waals surface area contributed by atoms with E-state index < -0.39 is 0 Å². The number of hydrogen-bond acceptors (Lipinski definition) is 3. The van der Waals surface area contributed by atoms with Gasteiger partial charge in [-0.25, -0.2) is 0 Å². The molecule has 2 atom stereocenters. The van der Waals surface area contributed by atoms with Crippen molar-refractivity contribution in [3.05, 3.63) is 28.2 Å². The highest BCUT2D eigenvalue weighted by Crippen LogP contribution is 2.31. The largest absolute Gasteiger partial charge is 0.508 e. The molecule has 0 aliphatic heterocycles. The minimum absolute atomic E-state index is 0.368. The van der Waals surface area contributed by atoms with Crippen molar-refractivity contribution >= 4 is 15.9 Å². The van der Waals surface area contributed by atoms with Gasteiger partial charge in [0.2, 0.25) is 0 Å². The van der Waals surface area contributed by atoms with E-state index in [1.54, 1.807) is 6.07 Å². The van der Waals surface area contributed by atoms with Crippen molar-refractivity contribution in [3.8, 4) is 5.75 Å². The third-order valence-corrected chi connectivity index (χ3v) is 4.44. The van der Waals surface area contributed by atoms with Gasteiger partial charge in [0.25, 0.3) is 0 Å². The number of halogens is 1. The maximum Gasteiger partial charge on any atom is 0.120 e. The minimum Gasteiger partial charge on any atom is -0.508 e. The van der Waals surface area contributed by atoms with E-state index in [4.69, 9.17) is 5.73 Å². The van der Waals surface area contributed by atoms with E-state index in [-0.39, 0.29) is 0 Å². The summed E-state index contributed by atoms with van der Waals surface area (Å²) in [5.74, 6) is 0.969. The van der Waals surface area contributed by atoms with Crippen LogP contribution in [-0.2, 0) is 6.54 Å². The first-order valence-corrected chi connectivity index (χ1v) is 7.29. The first kappa shape index (κ1) is 13.8. The van der Waals surface area contributed by atoms with Crippen molar-refractivity contribution in [2.24, 2.45) is 11.7 Å². The highest BCUT2D eigenvalue weighted by molar-refractivity contribution is 9.10. The molecule has 1 aromatic rings. The normalized spacial score (nSPS) is 23.8. The fraction of sp³-hybridized carbons (Fsp3) is 0.571. The summed E-state index contributed by atoms with van der Waals surface area (Å²) in [6, 6.07) is 6.13. The molecule has 1 aliphatic carbocycles. The van der Waals surface area contributed by atoms with Crippen LogP contribution in [0.4, 0.5) is 0 Å². The van der Waals surface area contributed by atoms with Gasteiger partial charge in [0.15, 0.2) is 0 Å². The van der Waals surface area contributed by atoms with Crippen LogP contribution in [0.3, 0.4) is 0 Å². The van der Waals surface area contributed by atoms with Gasteiger partial charge in [-0.3, -0.25) is 4.90 Å². The molecule has 4 heteroatoms. The number of hydrogen-bond donors (Lipinski definition) is 2. The lowest BCUT2D eigenvalue weighted by atomic mass is 10.0. The highest BCUT2D eigenvalue weighted by Gasteiger charge is 2.29. The molecule has 3 N–H and O–H groups in total. The topological polar surface area (TPSA) is 49.5 Å². The lowest BCUT2D eigenvalue weighted by Gasteiger charge is -2.29. The number of aromatic hydroxyl groups is 1. The molecule has 1 aromatic carbocycles. The zero-order valence-corrected chi connectivity index (χ0v) is 12.4. The Hall–Kier alpha value is -0.580. The summed E-state index contributed by atoms with van der Waals surface area (Å²) in [5.41, 5.74) is 6.79. The van der Waals surface area contributed by atoms with Crippen LogP contribution < -0.4 is 5.73 Å². The zero-order chi connectivity index (χ0) is 13.1. The Labute approximate surface area is 117 Å².